The van der Waals surface area contributed by atoms with Gasteiger partial charge in [-0.05, 0) is 51.8 Å². The van der Waals surface area contributed by atoms with Gasteiger partial charge in [-0.25, -0.2) is 0 Å². The van der Waals surface area contributed by atoms with Crippen LogP contribution in [0.2, 0.25) is 0 Å². The van der Waals surface area contributed by atoms with Crippen molar-refractivity contribution >= 4 is 0 Å². The summed E-state index contributed by atoms with van der Waals surface area (Å²) in [5.74, 6) is 1.64. The average molecular weight is 648 g/mol. The number of rotatable bonds is 6. The van der Waals surface area contributed by atoms with Gasteiger partial charge in [-0.2, -0.15) is 0 Å². The molecule has 0 spiro atoms. The zero-order valence-electron chi connectivity index (χ0n) is 21.2. The van der Waals surface area contributed by atoms with E-state index < -0.39 is 0 Å². The molecule has 183 valence electrons. The normalized spacial score (nSPS) is 11.1. The van der Waals surface area contributed by atoms with Crippen molar-refractivity contribution in [3.8, 4) is 39.3 Å². The fraction of sp³-hybridized carbons (Fsp3) is 0.182. The summed E-state index contributed by atoms with van der Waals surface area (Å²) in [6.45, 7) is 9.10. The predicted molar refractivity (Wildman–Crippen MR) is 147 cm³/mol. The van der Waals surface area contributed by atoms with Gasteiger partial charge in [0.25, 0.3) is 0 Å². The summed E-state index contributed by atoms with van der Waals surface area (Å²) in [5, 5.41) is 0. The Labute approximate surface area is 228 Å². The Hall–Kier alpha value is -3.26. The van der Waals surface area contributed by atoms with Crippen LogP contribution < -0.4 is 0 Å². The van der Waals surface area contributed by atoms with E-state index in [1.165, 1.54) is 39.1 Å². The van der Waals surface area contributed by atoms with Crippen LogP contribution in [0.5, 0.6) is 0 Å². The third kappa shape index (κ3) is 5.14. The maximum atomic E-state index is 4.81. The van der Waals surface area contributed by atoms with Gasteiger partial charge in [0.05, 0.1) is 5.82 Å². The number of aromatic nitrogens is 2. The molecule has 0 amide bonds. The van der Waals surface area contributed by atoms with Crippen LogP contribution in [0, 0.1) is 6.07 Å². The smallest absolute Gasteiger partial charge is 0.0603 e. The van der Waals surface area contributed by atoms with Crippen LogP contribution in [0.4, 0.5) is 0 Å². The molecule has 1 aromatic heterocycles. The maximum absolute atomic E-state index is 4.81. The predicted octanol–water partition coefficient (Wildman–Crippen LogP) is 8.92. The molecule has 36 heavy (non-hydrogen) atoms. The van der Waals surface area contributed by atoms with E-state index in [0.29, 0.717) is 11.8 Å². The van der Waals surface area contributed by atoms with Crippen molar-refractivity contribution in [3.05, 3.63) is 121 Å². The van der Waals surface area contributed by atoms with Gasteiger partial charge in [0.15, 0.2) is 0 Å². The fourth-order valence-corrected chi connectivity index (χ4v) is 4.72. The van der Waals surface area contributed by atoms with Gasteiger partial charge in [-0.1, -0.05) is 88.4 Å². The van der Waals surface area contributed by atoms with E-state index in [9.17, 15) is 0 Å². The molecule has 0 fully saturated rings. The van der Waals surface area contributed by atoms with E-state index >= 15 is 0 Å². The van der Waals surface area contributed by atoms with Gasteiger partial charge in [0, 0.05) is 38.2 Å². The quantitative estimate of drug-likeness (QED) is 0.168. The largest absolute Gasteiger partial charge is 0.340 e. The summed E-state index contributed by atoms with van der Waals surface area (Å²) < 4.78 is 2.26. The maximum Gasteiger partial charge on any atom is 0.0603 e. The minimum absolute atomic E-state index is 0. The number of benzene rings is 4. The van der Waals surface area contributed by atoms with Gasteiger partial charge in [0.2, 0.25) is 0 Å². The number of hydrogen-bond acceptors (Lipinski definition) is 1. The number of imidazole rings is 1. The first-order valence-corrected chi connectivity index (χ1v) is 12.4. The molecule has 4 aromatic carbocycles. The molecule has 0 N–H and O–H groups in total. The Morgan fingerprint density at radius 2 is 1.22 bits per heavy atom. The summed E-state index contributed by atoms with van der Waals surface area (Å²) in [4.78, 5) is 4.81. The molecule has 0 atom stereocenters. The zero-order chi connectivity index (χ0) is 24.4. The van der Waals surface area contributed by atoms with Crippen LogP contribution in [0.15, 0.2) is 103 Å². The van der Waals surface area contributed by atoms with Crippen molar-refractivity contribution < 1.29 is 20.1 Å². The second-order valence-corrected chi connectivity index (χ2v) is 9.66. The van der Waals surface area contributed by atoms with Gasteiger partial charge in [-0.3, -0.25) is 4.98 Å². The average Bonchev–Trinajstić information content (AvgIpc) is 3.38. The van der Waals surface area contributed by atoms with E-state index in [4.69, 9.17) is 4.98 Å². The van der Waals surface area contributed by atoms with Crippen LogP contribution in [0.1, 0.15) is 50.7 Å². The van der Waals surface area contributed by atoms with Crippen molar-refractivity contribution in [2.75, 3.05) is 0 Å². The van der Waals surface area contributed by atoms with E-state index in [0.717, 1.165) is 11.4 Å². The molecule has 1 radical (unpaired) electrons. The Bertz CT molecular complexity index is 1400. The van der Waals surface area contributed by atoms with Crippen molar-refractivity contribution in [3.63, 3.8) is 0 Å². The minimum atomic E-state index is 0. The van der Waals surface area contributed by atoms with Gasteiger partial charge >= 0.3 is 0 Å². The van der Waals surface area contributed by atoms with Gasteiger partial charge < -0.3 is 4.57 Å². The van der Waals surface area contributed by atoms with E-state index in [2.05, 4.69) is 123 Å². The Morgan fingerprint density at radius 3 is 1.78 bits per heavy atom. The van der Waals surface area contributed by atoms with Crippen molar-refractivity contribution in [1.29, 1.82) is 0 Å². The molecule has 0 unspecified atom stereocenters. The molecule has 0 aliphatic heterocycles. The monoisotopic (exact) mass is 648 g/mol. The molecule has 5 aromatic rings. The van der Waals surface area contributed by atoms with Crippen LogP contribution in [-0.2, 0) is 20.1 Å². The van der Waals surface area contributed by atoms with Crippen LogP contribution in [0.25, 0.3) is 39.3 Å². The molecule has 0 saturated heterocycles. The molecule has 2 nitrogen and oxygen atoms in total. The summed E-state index contributed by atoms with van der Waals surface area (Å²) in [6.07, 6.45) is 3.99. The van der Waals surface area contributed by atoms with E-state index in [-0.39, 0.29) is 20.1 Å². The Morgan fingerprint density at radius 1 is 0.667 bits per heavy atom. The zero-order valence-corrected chi connectivity index (χ0v) is 23.6. The Balaban J connectivity index is 0.00000304. The number of nitrogens with zero attached hydrogens (tertiary/aromatic N) is 2. The Kier molecular flexibility index (Phi) is 8.04. The summed E-state index contributed by atoms with van der Waals surface area (Å²) in [6, 6.07) is 35.6. The summed E-state index contributed by atoms with van der Waals surface area (Å²) >= 11 is 0. The van der Waals surface area contributed by atoms with Crippen molar-refractivity contribution in [1.82, 2.24) is 9.55 Å². The topological polar surface area (TPSA) is 17.8 Å². The molecule has 0 aliphatic carbocycles. The first-order valence-electron chi connectivity index (χ1n) is 12.4. The summed E-state index contributed by atoms with van der Waals surface area (Å²) in [7, 11) is 0. The standard InChI is InChI=1S/C33H31N2.Ir/c1-23(2)30-21-29(26-14-9-6-10-15-26)22-31(24(3)4)32(30)35-19-18-34-33(35)28-17-11-16-27(20-28)25-12-7-5-8-13-25;/h5-16,18-24H,1-4H3;/q-1;. The van der Waals surface area contributed by atoms with Crippen LogP contribution >= 0.6 is 0 Å². The second kappa shape index (κ2) is 11.2. The molecule has 3 heteroatoms. The minimum Gasteiger partial charge on any atom is -0.340 e. The van der Waals surface area contributed by atoms with Crippen LogP contribution in [0.3, 0.4) is 0 Å². The molecule has 1 heterocycles. The summed E-state index contributed by atoms with van der Waals surface area (Å²) in [5.41, 5.74) is 9.76. The SMILES string of the molecule is CC(C)c1cc(-c2ccccc2)cc(C(C)C)c1-n1ccnc1-c1[c-]ccc(-c2ccccc2)c1.[Ir]. The molecule has 0 aliphatic rings. The van der Waals surface area contributed by atoms with Crippen molar-refractivity contribution in [2.45, 2.75) is 39.5 Å². The number of hydrogen-bond donors (Lipinski definition) is 0. The molecule has 0 bridgehead atoms. The van der Waals surface area contributed by atoms with Crippen LogP contribution in [-0.4, -0.2) is 9.55 Å². The van der Waals surface area contributed by atoms with Gasteiger partial charge in [0.1, 0.15) is 0 Å². The molecule has 0 saturated carbocycles. The molecule has 5 rings (SSSR count). The fourth-order valence-electron chi connectivity index (χ4n) is 4.72. The molecular formula is C33H31IrN2-. The van der Waals surface area contributed by atoms with E-state index in [1.54, 1.807) is 0 Å². The first-order chi connectivity index (χ1) is 17.0. The molecular weight excluding hydrogens is 617 g/mol. The third-order valence-electron chi connectivity index (χ3n) is 6.55. The van der Waals surface area contributed by atoms with E-state index in [1.807, 2.05) is 18.3 Å². The second-order valence-electron chi connectivity index (χ2n) is 9.66. The third-order valence-corrected chi connectivity index (χ3v) is 6.55. The van der Waals surface area contributed by atoms with Crippen molar-refractivity contribution in [2.24, 2.45) is 0 Å². The van der Waals surface area contributed by atoms with Gasteiger partial charge in [-0.15, -0.1) is 35.4 Å². The first kappa shape index (κ1) is 25.8.